The maximum absolute atomic E-state index is 12.5. The molecule has 3 rings (SSSR count). The van der Waals surface area contributed by atoms with Crippen LogP contribution in [0.15, 0.2) is 52.4 Å². The van der Waals surface area contributed by atoms with Crippen LogP contribution in [0, 0.1) is 13.8 Å². The minimum atomic E-state index is -0.399. The highest BCUT2D eigenvalue weighted by molar-refractivity contribution is 8.00. The average Bonchev–Trinajstić information content (AvgIpc) is 2.59. The predicted molar refractivity (Wildman–Crippen MR) is 102 cm³/mol. The minimum Gasteiger partial charge on any atom is -0.325 e. The highest BCUT2D eigenvalue weighted by atomic mass is 32.2. The van der Waals surface area contributed by atoms with Crippen molar-refractivity contribution in [3.8, 4) is 0 Å². The molecular formula is C19H19N3O2S. The lowest BCUT2D eigenvalue weighted by molar-refractivity contribution is -0.115. The Labute approximate surface area is 149 Å². The van der Waals surface area contributed by atoms with Gasteiger partial charge in [0.15, 0.2) is 5.16 Å². The molecule has 0 saturated carbocycles. The summed E-state index contributed by atoms with van der Waals surface area (Å²) in [4.78, 5) is 31.8. The zero-order chi connectivity index (χ0) is 18.0. The smallest absolute Gasteiger partial charge is 0.259 e. The van der Waals surface area contributed by atoms with E-state index in [-0.39, 0.29) is 11.5 Å². The van der Waals surface area contributed by atoms with Gasteiger partial charge in [0.2, 0.25) is 5.91 Å². The molecule has 128 valence electrons. The first-order valence-electron chi connectivity index (χ1n) is 7.98. The molecule has 1 unspecified atom stereocenters. The van der Waals surface area contributed by atoms with E-state index in [4.69, 9.17) is 0 Å². The number of rotatable bonds is 4. The average molecular weight is 353 g/mol. The molecule has 3 aromatic rings. The number of carbonyl (C=O) groups is 1. The van der Waals surface area contributed by atoms with Crippen molar-refractivity contribution >= 4 is 34.3 Å². The summed E-state index contributed by atoms with van der Waals surface area (Å²) in [5.41, 5.74) is 3.40. The molecule has 25 heavy (non-hydrogen) atoms. The summed E-state index contributed by atoms with van der Waals surface area (Å²) in [7, 11) is 0. The SMILES string of the molecule is Cc1cccc(NC(=O)C(C)Sc2nc3ccccc3c(=O)[nH]2)c1C. The number of aromatic amines is 1. The number of hydrogen-bond donors (Lipinski definition) is 2. The largest absolute Gasteiger partial charge is 0.325 e. The molecule has 0 aliphatic heterocycles. The third-order valence-corrected chi connectivity index (χ3v) is 5.10. The summed E-state index contributed by atoms with van der Waals surface area (Å²) in [5.74, 6) is -0.130. The van der Waals surface area contributed by atoms with Crippen LogP contribution < -0.4 is 10.9 Å². The van der Waals surface area contributed by atoms with Gasteiger partial charge in [-0.3, -0.25) is 9.59 Å². The van der Waals surface area contributed by atoms with E-state index < -0.39 is 5.25 Å². The first-order chi connectivity index (χ1) is 12.0. The lowest BCUT2D eigenvalue weighted by atomic mass is 10.1. The van der Waals surface area contributed by atoms with Crippen molar-refractivity contribution in [2.24, 2.45) is 0 Å². The van der Waals surface area contributed by atoms with Crippen molar-refractivity contribution in [2.45, 2.75) is 31.2 Å². The fourth-order valence-electron chi connectivity index (χ4n) is 2.46. The van der Waals surface area contributed by atoms with Gasteiger partial charge >= 0.3 is 0 Å². The molecule has 0 saturated heterocycles. The molecule has 1 atom stereocenters. The standard InChI is InChI=1S/C19H19N3O2S/c1-11-7-6-10-15(12(11)2)20-17(23)13(3)25-19-21-16-9-5-4-8-14(16)18(24)22-19/h4-10,13H,1-3H3,(H,20,23)(H,21,22,24). The maximum Gasteiger partial charge on any atom is 0.259 e. The van der Waals surface area contributed by atoms with E-state index in [0.717, 1.165) is 16.8 Å². The Morgan fingerprint density at radius 3 is 2.72 bits per heavy atom. The summed E-state index contributed by atoms with van der Waals surface area (Å²) in [6.45, 7) is 5.78. The van der Waals surface area contributed by atoms with Gasteiger partial charge in [-0.2, -0.15) is 0 Å². The van der Waals surface area contributed by atoms with Crippen LogP contribution in [0.3, 0.4) is 0 Å². The number of benzene rings is 2. The molecule has 0 radical (unpaired) electrons. The second-order valence-corrected chi connectivity index (χ2v) is 7.21. The molecule has 5 nitrogen and oxygen atoms in total. The topological polar surface area (TPSA) is 74.8 Å². The molecular weight excluding hydrogens is 334 g/mol. The van der Waals surface area contributed by atoms with Crippen LogP contribution >= 0.6 is 11.8 Å². The van der Waals surface area contributed by atoms with Crippen LogP contribution in [-0.4, -0.2) is 21.1 Å². The van der Waals surface area contributed by atoms with Gasteiger partial charge in [-0.15, -0.1) is 0 Å². The van der Waals surface area contributed by atoms with Crippen LogP contribution in [0.2, 0.25) is 0 Å². The van der Waals surface area contributed by atoms with Crippen molar-refractivity contribution in [1.82, 2.24) is 9.97 Å². The van der Waals surface area contributed by atoms with Gasteiger partial charge in [0.05, 0.1) is 16.2 Å². The van der Waals surface area contributed by atoms with Crippen molar-refractivity contribution in [1.29, 1.82) is 0 Å². The summed E-state index contributed by atoms with van der Waals surface area (Å²) < 4.78 is 0. The van der Waals surface area contributed by atoms with E-state index in [0.29, 0.717) is 16.1 Å². The number of hydrogen-bond acceptors (Lipinski definition) is 4. The summed E-state index contributed by atoms with van der Waals surface area (Å²) in [6.07, 6.45) is 0. The van der Waals surface area contributed by atoms with Gasteiger partial charge in [0.25, 0.3) is 5.56 Å². The first kappa shape index (κ1) is 17.2. The molecule has 2 aromatic carbocycles. The van der Waals surface area contributed by atoms with Crippen molar-refractivity contribution < 1.29 is 4.79 Å². The van der Waals surface area contributed by atoms with Gasteiger partial charge in [-0.1, -0.05) is 36.0 Å². The van der Waals surface area contributed by atoms with Crippen LogP contribution in [0.4, 0.5) is 5.69 Å². The van der Waals surface area contributed by atoms with Crippen LogP contribution in [0.25, 0.3) is 10.9 Å². The number of fused-ring (bicyclic) bond motifs is 1. The molecule has 1 amide bonds. The fraction of sp³-hybridized carbons (Fsp3) is 0.211. The number of carbonyl (C=O) groups excluding carboxylic acids is 1. The number of nitrogens with one attached hydrogen (secondary N) is 2. The van der Waals surface area contributed by atoms with Crippen LogP contribution in [0.5, 0.6) is 0 Å². The molecule has 0 bridgehead atoms. The van der Waals surface area contributed by atoms with Gasteiger partial charge in [0, 0.05) is 5.69 Å². The van der Waals surface area contributed by atoms with Crippen molar-refractivity contribution in [3.05, 3.63) is 63.9 Å². The van der Waals surface area contributed by atoms with Gasteiger partial charge in [-0.25, -0.2) is 4.98 Å². The minimum absolute atomic E-state index is 0.130. The van der Waals surface area contributed by atoms with E-state index in [2.05, 4.69) is 15.3 Å². The molecule has 1 heterocycles. The van der Waals surface area contributed by atoms with Crippen molar-refractivity contribution in [3.63, 3.8) is 0 Å². The number of nitrogens with zero attached hydrogens (tertiary/aromatic N) is 1. The fourth-order valence-corrected chi connectivity index (χ4v) is 3.27. The molecule has 6 heteroatoms. The van der Waals surface area contributed by atoms with E-state index >= 15 is 0 Å². The Morgan fingerprint density at radius 1 is 1.16 bits per heavy atom. The number of para-hydroxylation sites is 1. The molecule has 1 aromatic heterocycles. The third-order valence-electron chi connectivity index (χ3n) is 4.11. The Hall–Kier alpha value is -2.60. The zero-order valence-corrected chi connectivity index (χ0v) is 15.1. The van der Waals surface area contributed by atoms with E-state index in [1.807, 2.05) is 38.1 Å². The first-order valence-corrected chi connectivity index (χ1v) is 8.86. The third kappa shape index (κ3) is 3.74. The lowest BCUT2D eigenvalue weighted by Crippen LogP contribution is -2.23. The van der Waals surface area contributed by atoms with Crippen LogP contribution in [0.1, 0.15) is 18.1 Å². The van der Waals surface area contributed by atoms with E-state index in [1.54, 1.807) is 25.1 Å². The zero-order valence-electron chi connectivity index (χ0n) is 14.3. The maximum atomic E-state index is 12.5. The number of aromatic nitrogens is 2. The second kappa shape index (κ2) is 7.11. The Kier molecular flexibility index (Phi) is 4.90. The summed E-state index contributed by atoms with van der Waals surface area (Å²) in [6, 6.07) is 13.0. The highest BCUT2D eigenvalue weighted by Gasteiger charge is 2.17. The Bertz CT molecular complexity index is 997. The molecule has 0 fully saturated rings. The van der Waals surface area contributed by atoms with Gasteiger partial charge in [0.1, 0.15) is 0 Å². The number of thioether (sulfide) groups is 1. The van der Waals surface area contributed by atoms with Gasteiger partial charge < -0.3 is 10.3 Å². The van der Waals surface area contributed by atoms with Crippen molar-refractivity contribution in [2.75, 3.05) is 5.32 Å². The monoisotopic (exact) mass is 353 g/mol. The highest BCUT2D eigenvalue weighted by Crippen LogP contribution is 2.23. The normalized spacial score (nSPS) is 12.1. The van der Waals surface area contributed by atoms with Crippen LogP contribution in [-0.2, 0) is 4.79 Å². The molecule has 0 aliphatic carbocycles. The lowest BCUT2D eigenvalue weighted by Gasteiger charge is -2.14. The predicted octanol–water partition coefficient (Wildman–Crippen LogP) is 3.66. The van der Waals surface area contributed by atoms with E-state index in [9.17, 15) is 9.59 Å². The number of aryl methyl sites for hydroxylation is 1. The quantitative estimate of drug-likeness (QED) is 0.554. The number of H-pyrrole nitrogens is 1. The molecule has 0 aliphatic rings. The number of anilines is 1. The molecule has 0 spiro atoms. The second-order valence-electron chi connectivity index (χ2n) is 5.89. The number of amides is 1. The molecule has 2 N–H and O–H groups in total. The Morgan fingerprint density at radius 2 is 1.92 bits per heavy atom. The van der Waals surface area contributed by atoms with Gasteiger partial charge in [-0.05, 0) is 50.1 Å². The van der Waals surface area contributed by atoms with E-state index in [1.165, 1.54) is 11.8 Å². The summed E-state index contributed by atoms with van der Waals surface area (Å²) >= 11 is 1.23. The summed E-state index contributed by atoms with van der Waals surface area (Å²) in [5, 5.41) is 3.52. The Balaban J connectivity index is 1.77.